The predicted molar refractivity (Wildman–Crippen MR) is 126 cm³/mol. The Balaban J connectivity index is 1.21. The van der Waals surface area contributed by atoms with Crippen LogP contribution in [-0.2, 0) is 13.1 Å². The van der Waals surface area contributed by atoms with Crippen LogP contribution in [0, 0.1) is 0 Å². The summed E-state index contributed by atoms with van der Waals surface area (Å²) < 4.78 is 0. The van der Waals surface area contributed by atoms with Gasteiger partial charge in [-0.05, 0) is 86.1 Å². The summed E-state index contributed by atoms with van der Waals surface area (Å²) in [6.45, 7) is 5.81. The Bertz CT molecular complexity index is 965. The standard InChI is InChI=1S/C25H29Cl2N3O/c26-23-6-3-17(12-24(23)27)15-29-10-7-18(8-11-29)19-4-5-22-20(13-19)16-30(25(22)31)21-2-1-9-28-14-21/h3-6,12-13,18,21,28H,1-2,7-11,14-16H2. The Morgan fingerprint density at radius 1 is 1.00 bits per heavy atom. The van der Waals surface area contributed by atoms with E-state index in [4.69, 9.17) is 23.2 Å². The molecule has 0 spiro atoms. The molecule has 5 rings (SSSR count). The average Bonchev–Trinajstić information content (AvgIpc) is 3.13. The Kier molecular flexibility index (Phi) is 6.25. The van der Waals surface area contributed by atoms with E-state index in [1.165, 1.54) is 16.7 Å². The van der Waals surface area contributed by atoms with Crippen LogP contribution in [-0.4, -0.2) is 47.9 Å². The summed E-state index contributed by atoms with van der Waals surface area (Å²) >= 11 is 12.2. The van der Waals surface area contributed by atoms with Gasteiger partial charge in [-0.2, -0.15) is 0 Å². The lowest BCUT2D eigenvalue weighted by Crippen LogP contribution is -2.46. The number of piperidine rings is 2. The Hall–Kier alpha value is -1.59. The minimum atomic E-state index is 0.215. The Labute approximate surface area is 194 Å². The zero-order chi connectivity index (χ0) is 21.4. The molecule has 2 aromatic carbocycles. The van der Waals surface area contributed by atoms with Crippen molar-refractivity contribution in [2.24, 2.45) is 0 Å². The average molecular weight is 458 g/mol. The maximum Gasteiger partial charge on any atom is 0.254 e. The number of nitrogens with one attached hydrogen (secondary N) is 1. The van der Waals surface area contributed by atoms with Crippen molar-refractivity contribution in [1.82, 2.24) is 15.1 Å². The number of likely N-dealkylation sites (tertiary alicyclic amines) is 1. The van der Waals surface area contributed by atoms with Crippen molar-refractivity contribution < 1.29 is 4.79 Å². The van der Waals surface area contributed by atoms with Gasteiger partial charge in [0.05, 0.1) is 10.0 Å². The summed E-state index contributed by atoms with van der Waals surface area (Å²) in [5, 5.41) is 4.67. The van der Waals surface area contributed by atoms with Crippen LogP contribution in [0.4, 0.5) is 0 Å². The van der Waals surface area contributed by atoms with Crippen LogP contribution < -0.4 is 5.32 Å². The van der Waals surface area contributed by atoms with E-state index in [1.54, 1.807) is 0 Å². The molecule has 0 saturated carbocycles. The van der Waals surface area contributed by atoms with Gasteiger partial charge in [0.1, 0.15) is 0 Å². The molecule has 0 bridgehead atoms. The van der Waals surface area contributed by atoms with E-state index >= 15 is 0 Å². The molecule has 0 aromatic heterocycles. The number of hydrogen-bond donors (Lipinski definition) is 1. The number of hydrogen-bond acceptors (Lipinski definition) is 3. The monoisotopic (exact) mass is 457 g/mol. The molecule has 1 amide bonds. The van der Waals surface area contributed by atoms with Crippen molar-refractivity contribution in [2.45, 2.75) is 50.7 Å². The molecule has 0 aliphatic carbocycles. The van der Waals surface area contributed by atoms with Crippen molar-refractivity contribution in [3.8, 4) is 0 Å². The molecule has 31 heavy (non-hydrogen) atoms. The Morgan fingerprint density at radius 3 is 2.58 bits per heavy atom. The number of carbonyl (C=O) groups is 1. The third-order valence-corrected chi connectivity index (χ3v) is 7.86. The fourth-order valence-corrected chi connectivity index (χ4v) is 5.65. The molecular formula is C25H29Cl2N3O. The summed E-state index contributed by atoms with van der Waals surface area (Å²) in [5.74, 6) is 0.780. The van der Waals surface area contributed by atoms with Crippen molar-refractivity contribution in [3.05, 3.63) is 68.7 Å². The zero-order valence-electron chi connectivity index (χ0n) is 17.7. The lowest BCUT2D eigenvalue weighted by molar-refractivity contribution is 0.0674. The zero-order valence-corrected chi connectivity index (χ0v) is 19.3. The normalized spacial score (nSPS) is 22.7. The van der Waals surface area contributed by atoms with Gasteiger partial charge in [-0.3, -0.25) is 9.69 Å². The van der Waals surface area contributed by atoms with Crippen LogP contribution in [0.2, 0.25) is 10.0 Å². The van der Waals surface area contributed by atoms with E-state index in [1.807, 2.05) is 12.1 Å². The van der Waals surface area contributed by atoms with E-state index in [2.05, 4.69) is 39.4 Å². The highest BCUT2D eigenvalue weighted by atomic mass is 35.5. The van der Waals surface area contributed by atoms with E-state index in [9.17, 15) is 4.79 Å². The van der Waals surface area contributed by atoms with Crippen LogP contribution in [0.5, 0.6) is 0 Å². The second-order valence-electron chi connectivity index (χ2n) is 9.15. The van der Waals surface area contributed by atoms with Crippen molar-refractivity contribution in [2.75, 3.05) is 26.2 Å². The molecule has 0 radical (unpaired) electrons. The third-order valence-electron chi connectivity index (χ3n) is 7.12. The number of fused-ring (bicyclic) bond motifs is 1. The molecule has 2 fully saturated rings. The van der Waals surface area contributed by atoms with Gasteiger partial charge in [0.25, 0.3) is 5.91 Å². The predicted octanol–water partition coefficient (Wildman–Crippen LogP) is 5.08. The summed E-state index contributed by atoms with van der Waals surface area (Å²) in [6.07, 6.45) is 4.54. The lowest BCUT2D eigenvalue weighted by atomic mass is 9.87. The molecule has 2 aromatic rings. The number of benzene rings is 2. The summed E-state index contributed by atoms with van der Waals surface area (Å²) in [7, 11) is 0. The highest BCUT2D eigenvalue weighted by molar-refractivity contribution is 6.42. The van der Waals surface area contributed by atoms with Crippen LogP contribution in [0.15, 0.2) is 36.4 Å². The van der Waals surface area contributed by atoms with Gasteiger partial charge >= 0.3 is 0 Å². The van der Waals surface area contributed by atoms with Crippen LogP contribution in [0.25, 0.3) is 0 Å². The molecule has 3 heterocycles. The number of carbonyl (C=O) groups excluding carboxylic acids is 1. The van der Waals surface area contributed by atoms with Gasteiger partial charge < -0.3 is 10.2 Å². The van der Waals surface area contributed by atoms with Crippen LogP contribution in [0.1, 0.15) is 58.6 Å². The van der Waals surface area contributed by atoms with E-state index in [0.717, 1.165) is 70.5 Å². The number of nitrogens with zero attached hydrogens (tertiary/aromatic N) is 2. The fourth-order valence-electron chi connectivity index (χ4n) is 5.33. The van der Waals surface area contributed by atoms with Gasteiger partial charge in [-0.1, -0.05) is 41.4 Å². The summed E-state index contributed by atoms with van der Waals surface area (Å²) in [6, 6.07) is 12.8. The van der Waals surface area contributed by atoms with E-state index in [0.29, 0.717) is 22.0 Å². The fraction of sp³-hybridized carbons (Fsp3) is 0.480. The van der Waals surface area contributed by atoms with E-state index in [-0.39, 0.29) is 5.91 Å². The summed E-state index contributed by atoms with van der Waals surface area (Å²) in [4.78, 5) is 17.5. The van der Waals surface area contributed by atoms with Crippen molar-refractivity contribution >= 4 is 29.1 Å². The third kappa shape index (κ3) is 4.49. The molecule has 1 N–H and O–H groups in total. The van der Waals surface area contributed by atoms with E-state index < -0.39 is 0 Å². The Morgan fingerprint density at radius 2 is 1.84 bits per heavy atom. The van der Waals surface area contributed by atoms with Gasteiger partial charge in [-0.15, -0.1) is 0 Å². The smallest absolute Gasteiger partial charge is 0.254 e. The SMILES string of the molecule is O=C1c2ccc(C3CCN(Cc4ccc(Cl)c(Cl)c4)CC3)cc2CN1C1CCCNC1. The minimum absolute atomic E-state index is 0.215. The topological polar surface area (TPSA) is 35.6 Å². The van der Waals surface area contributed by atoms with Gasteiger partial charge in [0, 0.05) is 31.2 Å². The molecule has 4 nitrogen and oxygen atoms in total. The molecule has 1 unspecified atom stereocenters. The molecule has 2 saturated heterocycles. The minimum Gasteiger partial charge on any atom is -0.330 e. The second kappa shape index (κ2) is 9.11. The molecular weight excluding hydrogens is 429 g/mol. The lowest BCUT2D eigenvalue weighted by Gasteiger charge is -2.32. The first-order valence-electron chi connectivity index (χ1n) is 11.4. The molecule has 6 heteroatoms. The van der Waals surface area contributed by atoms with Gasteiger partial charge in [0.2, 0.25) is 0 Å². The summed E-state index contributed by atoms with van der Waals surface area (Å²) in [5.41, 5.74) is 4.73. The largest absolute Gasteiger partial charge is 0.330 e. The highest BCUT2D eigenvalue weighted by Gasteiger charge is 2.34. The molecule has 164 valence electrons. The quantitative estimate of drug-likeness (QED) is 0.694. The number of amides is 1. The number of halogens is 2. The molecule has 3 aliphatic heterocycles. The second-order valence-corrected chi connectivity index (χ2v) is 9.96. The van der Waals surface area contributed by atoms with Gasteiger partial charge in [-0.25, -0.2) is 0 Å². The molecule has 1 atom stereocenters. The highest BCUT2D eigenvalue weighted by Crippen LogP contribution is 2.34. The first-order valence-corrected chi connectivity index (χ1v) is 12.1. The molecule has 3 aliphatic rings. The van der Waals surface area contributed by atoms with Crippen molar-refractivity contribution in [1.29, 1.82) is 0 Å². The number of rotatable bonds is 4. The van der Waals surface area contributed by atoms with Gasteiger partial charge in [0.15, 0.2) is 0 Å². The van der Waals surface area contributed by atoms with Crippen LogP contribution in [0.3, 0.4) is 0 Å². The van der Waals surface area contributed by atoms with Crippen LogP contribution >= 0.6 is 23.2 Å². The maximum atomic E-state index is 12.9. The maximum absolute atomic E-state index is 12.9. The van der Waals surface area contributed by atoms with Crippen molar-refractivity contribution in [3.63, 3.8) is 0 Å². The first kappa shape index (κ1) is 21.3. The first-order chi connectivity index (χ1) is 15.1.